The SMILES string of the molecule is CCN(CC)c1ccc(/C=C/C(=O)c2ccc(C(=O)[O-])s2)cc1. The van der Waals surface area contributed by atoms with E-state index in [4.69, 9.17) is 0 Å². The molecule has 0 unspecified atom stereocenters. The minimum Gasteiger partial charge on any atom is -0.544 e. The van der Waals surface area contributed by atoms with Gasteiger partial charge in [-0.2, -0.15) is 0 Å². The Morgan fingerprint density at radius 3 is 2.17 bits per heavy atom. The molecule has 0 aliphatic carbocycles. The normalized spacial score (nSPS) is 10.9. The highest BCUT2D eigenvalue weighted by molar-refractivity contribution is 7.16. The maximum Gasteiger partial charge on any atom is 0.195 e. The molecule has 4 nitrogen and oxygen atoms in total. The number of allylic oxidation sites excluding steroid dienone is 1. The van der Waals surface area contributed by atoms with Crippen LogP contribution in [0.25, 0.3) is 6.08 Å². The number of benzene rings is 1. The molecule has 120 valence electrons. The van der Waals surface area contributed by atoms with Crippen LogP contribution in [0.15, 0.2) is 42.5 Å². The quantitative estimate of drug-likeness (QED) is 0.579. The molecule has 0 saturated heterocycles. The van der Waals surface area contributed by atoms with Gasteiger partial charge < -0.3 is 14.8 Å². The number of nitrogens with zero attached hydrogens (tertiary/aromatic N) is 1. The van der Waals surface area contributed by atoms with Gasteiger partial charge in [-0.15, -0.1) is 11.3 Å². The maximum atomic E-state index is 12.0. The van der Waals surface area contributed by atoms with Gasteiger partial charge in [-0.25, -0.2) is 0 Å². The van der Waals surface area contributed by atoms with Gasteiger partial charge in [0.15, 0.2) is 5.78 Å². The first-order valence-electron chi connectivity index (χ1n) is 7.43. The van der Waals surface area contributed by atoms with E-state index < -0.39 is 5.97 Å². The summed E-state index contributed by atoms with van der Waals surface area (Å²) in [5.74, 6) is -1.47. The summed E-state index contributed by atoms with van der Waals surface area (Å²) in [4.78, 5) is 25.4. The number of carboxylic acid groups (broad SMARTS) is 1. The third-order valence-corrected chi connectivity index (χ3v) is 4.58. The van der Waals surface area contributed by atoms with Gasteiger partial charge in [0.2, 0.25) is 0 Å². The molecule has 1 aromatic heterocycles. The molecule has 0 atom stereocenters. The number of ketones is 1. The third-order valence-electron chi connectivity index (χ3n) is 3.50. The Labute approximate surface area is 139 Å². The minimum atomic E-state index is -1.26. The Morgan fingerprint density at radius 2 is 1.65 bits per heavy atom. The molecule has 2 aromatic rings. The van der Waals surface area contributed by atoms with E-state index in [0.29, 0.717) is 4.88 Å². The number of hydrogen-bond donors (Lipinski definition) is 0. The van der Waals surface area contributed by atoms with Crippen molar-refractivity contribution >= 4 is 34.9 Å². The van der Waals surface area contributed by atoms with Crippen molar-refractivity contribution in [2.45, 2.75) is 13.8 Å². The highest BCUT2D eigenvalue weighted by atomic mass is 32.1. The molecule has 0 fully saturated rings. The number of anilines is 1. The van der Waals surface area contributed by atoms with Crippen LogP contribution >= 0.6 is 11.3 Å². The zero-order valence-corrected chi connectivity index (χ0v) is 13.9. The summed E-state index contributed by atoms with van der Waals surface area (Å²) in [6.45, 7) is 6.11. The van der Waals surface area contributed by atoms with E-state index in [-0.39, 0.29) is 10.7 Å². The van der Waals surface area contributed by atoms with Gasteiger partial charge >= 0.3 is 0 Å². The molecule has 0 bridgehead atoms. The molecule has 0 spiro atoms. The van der Waals surface area contributed by atoms with Crippen molar-refractivity contribution in [3.63, 3.8) is 0 Å². The number of carbonyl (C=O) groups excluding carboxylic acids is 2. The van der Waals surface area contributed by atoms with Crippen LogP contribution in [0.2, 0.25) is 0 Å². The highest BCUT2D eigenvalue weighted by Gasteiger charge is 2.07. The lowest BCUT2D eigenvalue weighted by molar-refractivity contribution is -0.254. The fourth-order valence-corrected chi connectivity index (χ4v) is 2.98. The van der Waals surface area contributed by atoms with Crippen molar-refractivity contribution in [3.05, 3.63) is 57.8 Å². The van der Waals surface area contributed by atoms with E-state index in [0.717, 1.165) is 35.7 Å². The highest BCUT2D eigenvalue weighted by Crippen LogP contribution is 2.18. The van der Waals surface area contributed by atoms with Gasteiger partial charge in [0.1, 0.15) is 0 Å². The standard InChI is InChI=1S/C18H19NO3S/c1-3-19(4-2)14-8-5-13(6-9-14)7-10-15(20)16-11-12-17(23-16)18(21)22/h5-12H,3-4H2,1-2H3,(H,21,22)/p-1/b10-7+. The van der Waals surface area contributed by atoms with E-state index in [1.54, 1.807) is 6.08 Å². The monoisotopic (exact) mass is 328 g/mol. The molecule has 0 radical (unpaired) electrons. The molecular formula is C18H18NO3S-. The molecule has 1 heterocycles. The first-order valence-corrected chi connectivity index (χ1v) is 8.25. The van der Waals surface area contributed by atoms with Crippen molar-refractivity contribution in [1.29, 1.82) is 0 Å². The van der Waals surface area contributed by atoms with Crippen molar-refractivity contribution in [1.82, 2.24) is 0 Å². The Morgan fingerprint density at radius 1 is 1.04 bits per heavy atom. The number of hydrogen-bond acceptors (Lipinski definition) is 5. The lowest BCUT2D eigenvalue weighted by Crippen LogP contribution is -2.21. The van der Waals surface area contributed by atoms with Gasteiger partial charge in [0.25, 0.3) is 0 Å². The van der Waals surface area contributed by atoms with Gasteiger partial charge in [-0.3, -0.25) is 4.79 Å². The van der Waals surface area contributed by atoms with Crippen molar-refractivity contribution in [2.75, 3.05) is 18.0 Å². The lowest BCUT2D eigenvalue weighted by atomic mass is 10.1. The number of carbonyl (C=O) groups is 2. The van der Waals surface area contributed by atoms with E-state index >= 15 is 0 Å². The Hall–Kier alpha value is -2.40. The number of rotatable bonds is 7. The summed E-state index contributed by atoms with van der Waals surface area (Å²) in [7, 11) is 0. The second kappa shape index (κ2) is 7.74. The summed E-state index contributed by atoms with van der Waals surface area (Å²) in [5.41, 5.74) is 2.07. The first kappa shape index (κ1) is 17.0. The smallest absolute Gasteiger partial charge is 0.195 e. The van der Waals surface area contributed by atoms with Crippen LogP contribution in [0.3, 0.4) is 0 Å². The number of carboxylic acids is 1. The topological polar surface area (TPSA) is 60.4 Å². The molecule has 0 saturated carbocycles. The third kappa shape index (κ3) is 4.29. The van der Waals surface area contributed by atoms with Gasteiger partial charge in [0, 0.05) is 18.8 Å². The predicted molar refractivity (Wildman–Crippen MR) is 92.0 cm³/mol. The molecule has 0 aliphatic rings. The fraction of sp³-hybridized carbons (Fsp3) is 0.222. The summed E-state index contributed by atoms with van der Waals surface area (Å²) in [5, 5.41) is 10.7. The van der Waals surface area contributed by atoms with Gasteiger partial charge in [-0.1, -0.05) is 18.2 Å². The summed E-state index contributed by atoms with van der Waals surface area (Å²) in [6, 6.07) is 10.9. The molecule has 2 rings (SSSR count). The van der Waals surface area contributed by atoms with Crippen LogP contribution in [-0.4, -0.2) is 24.8 Å². The van der Waals surface area contributed by atoms with Crippen LogP contribution in [0, 0.1) is 0 Å². The average Bonchev–Trinajstić information content (AvgIpc) is 3.05. The fourth-order valence-electron chi connectivity index (χ4n) is 2.22. The van der Waals surface area contributed by atoms with Crippen molar-refractivity contribution in [3.8, 4) is 0 Å². The van der Waals surface area contributed by atoms with E-state index in [1.165, 1.54) is 18.2 Å². The van der Waals surface area contributed by atoms with Crippen LogP contribution in [0.5, 0.6) is 0 Å². The zero-order valence-electron chi connectivity index (χ0n) is 13.1. The Bertz CT molecular complexity index is 712. The second-order valence-corrected chi connectivity index (χ2v) is 6.00. The largest absolute Gasteiger partial charge is 0.544 e. The first-order chi connectivity index (χ1) is 11.0. The van der Waals surface area contributed by atoms with Crippen LogP contribution < -0.4 is 10.0 Å². The van der Waals surface area contributed by atoms with Crippen molar-refractivity contribution in [2.24, 2.45) is 0 Å². The van der Waals surface area contributed by atoms with Crippen LogP contribution in [-0.2, 0) is 0 Å². The summed E-state index contributed by atoms with van der Waals surface area (Å²) < 4.78 is 0. The second-order valence-electron chi connectivity index (χ2n) is 4.91. The van der Waals surface area contributed by atoms with Crippen LogP contribution in [0.4, 0.5) is 5.69 Å². The Balaban J connectivity index is 2.07. The van der Waals surface area contributed by atoms with Crippen LogP contribution in [0.1, 0.15) is 38.8 Å². The van der Waals surface area contributed by atoms with Gasteiger partial charge in [0.05, 0.1) is 15.7 Å². The molecular weight excluding hydrogens is 310 g/mol. The lowest BCUT2D eigenvalue weighted by Gasteiger charge is -2.20. The zero-order chi connectivity index (χ0) is 16.8. The number of thiophene rings is 1. The molecule has 1 aromatic carbocycles. The predicted octanol–water partition coefficient (Wildman–Crippen LogP) is 2.85. The van der Waals surface area contributed by atoms with Crippen molar-refractivity contribution < 1.29 is 14.7 Å². The Kier molecular flexibility index (Phi) is 5.71. The number of aromatic carboxylic acids is 1. The summed E-state index contributed by atoms with van der Waals surface area (Å²) in [6.07, 6.45) is 3.18. The maximum absolute atomic E-state index is 12.0. The summed E-state index contributed by atoms with van der Waals surface area (Å²) >= 11 is 0.927. The van der Waals surface area contributed by atoms with E-state index in [1.807, 2.05) is 24.3 Å². The van der Waals surface area contributed by atoms with E-state index in [2.05, 4.69) is 18.7 Å². The molecule has 0 aliphatic heterocycles. The van der Waals surface area contributed by atoms with E-state index in [9.17, 15) is 14.7 Å². The molecule has 23 heavy (non-hydrogen) atoms. The minimum absolute atomic E-state index is 0.0605. The molecule has 0 N–H and O–H groups in total. The molecule has 5 heteroatoms. The average molecular weight is 328 g/mol. The van der Waals surface area contributed by atoms with Gasteiger partial charge in [-0.05, 0) is 49.8 Å². The molecule has 0 amide bonds.